The number of hydrogen-bond donors (Lipinski definition) is 2. The van der Waals surface area contributed by atoms with E-state index in [1.807, 2.05) is 12.2 Å². The first-order valence-electron chi connectivity index (χ1n) is 8.34. The Balaban J connectivity index is 1.77. The number of nitrogens with zero attached hydrogens (tertiary/aromatic N) is 1. The Labute approximate surface area is 152 Å². The number of benzene rings is 2. The van der Waals surface area contributed by atoms with Crippen molar-refractivity contribution in [3.8, 4) is 0 Å². The van der Waals surface area contributed by atoms with Crippen LogP contribution in [0.25, 0.3) is 10.8 Å². The fourth-order valence-electron chi connectivity index (χ4n) is 2.73. The summed E-state index contributed by atoms with van der Waals surface area (Å²) in [7, 11) is 0. The van der Waals surface area contributed by atoms with E-state index in [0.717, 1.165) is 35.8 Å². The van der Waals surface area contributed by atoms with Crippen LogP contribution in [-0.2, 0) is 0 Å². The number of aliphatic hydroxyl groups excluding tert-OH is 1. The molecule has 3 nitrogen and oxygen atoms in total. The maximum atomic E-state index is 8.95. The number of aliphatic imine (C=N–C) groups is 1. The van der Waals surface area contributed by atoms with E-state index in [2.05, 4.69) is 59.4 Å². The third kappa shape index (κ3) is 4.41. The fourth-order valence-corrected chi connectivity index (χ4v) is 3.73. The van der Waals surface area contributed by atoms with E-state index in [4.69, 9.17) is 5.11 Å². The first-order chi connectivity index (χ1) is 12.3. The van der Waals surface area contributed by atoms with Crippen LogP contribution in [0.3, 0.4) is 0 Å². The van der Waals surface area contributed by atoms with Gasteiger partial charge in [-0.25, -0.2) is 0 Å². The molecule has 2 N–H and O–H groups in total. The van der Waals surface area contributed by atoms with Crippen LogP contribution in [0, 0.1) is 0 Å². The molecule has 0 amide bonds. The number of amidine groups is 1. The van der Waals surface area contributed by atoms with Crippen LogP contribution in [0.1, 0.15) is 0 Å². The number of allylic oxidation sites excluding steroid dienone is 2. The van der Waals surface area contributed by atoms with Crippen molar-refractivity contribution < 1.29 is 5.11 Å². The van der Waals surface area contributed by atoms with Gasteiger partial charge in [-0.15, -0.1) is 11.8 Å². The van der Waals surface area contributed by atoms with Crippen LogP contribution < -0.4 is 5.32 Å². The van der Waals surface area contributed by atoms with Crippen LogP contribution >= 0.6 is 11.8 Å². The zero-order valence-corrected chi connectivity index (χ0v) is 14.9. The van der Waals surface area contributed by atoms with Crippen LogP contribution in [0.2, 0.25) is 0 Å². The molecule has 0 aliphatic carbocycles. The minimum atomic E-state index is 0.0287. The number of hydrogen-bond acceptors (Lipinski definition) is 4. The lowest BCUT2D eigenvalue weighted by atomic mass is 10.1. The summed E-state index contributed by atoms with van der Waals surface area (Å²) >= 11 is 1.79. The summed E-state index contributed by atoms with van der Waals surface area (Å²) in [6, 6.07) is 14.8. The van der Waals surface area contributed by atoms with Crippen molar-refractivity contribution in [1.82, 2.24) is 5.32 Å². The lowest BCUT2D eigenvalue weighted by Gasteiger charge is -2.12. The van der Waals surface area contributed by atoms with E-state index in [-0.39, 0.29) is 6.61 Å². The largest absolute Gasteiger partial charge is 0.392 e. The molecule has 1 aliphatic rings. The highest BCUT2D eigenvalue weighted by Crippen LogP contribution is 2.30. The van der Waals surface area contributed by atoms with Crippen LogP contribution in [0.15, 0.2) is 88.3 Å². The average molecular weight is 350 g/mol. The molecule has 1 heterocycles. The van der Waals surface area contributed by atoms with Gasteiger partial charge in [-0.1, -0.05) is 61.2 Å². The molecule has 0 fully saturated rings. The quantitative estimate of drug-likeness (QED) is 0.587. The maximum Gasteiger partial charge on any atom is 0.128 e. The molecule has 2 aromatic carbocycles. The van der Waals surface area contributed by atoms with Crippen LogP contribution in [0.5, 0.6) is 0 Å². The fraction of sp³-hybridized carbons (Fsp3) is 0.190. The summed E-state index contributed by atoms with van der Waals surface area (Å²) in [4.78, 5) is 5.77. The van der Waals surface area contributed by atoms with Gasteiger partial charge in [0.15, 0.2) is 0 Å². The van der Waals surface area contributed by atoms with E-state index in [1.165, 1.54) is 15.7 Å². The summed E-state index contributed by atoms with van der Waals surface area (Å²) in [6.07, 6.45) is 5.53. The topological polar surface area (TPSA) is 44.6 Å². The highest BCUT2D eigenvalue weighted by atomic mass is 32.2. The van der Waals surface area contributed by atoms with Crippen molar-refractivity contribution in [2.45, 2.75) is 4.90 Å². The predicted octanol–water partition coefficient (Wildman–Crippen LogP) is 3.96. The molecular formula is C21H22N2OS. The second kappa shape index (κ2) is 8.70. The smallest absolute Gasteiger partial charge is 0.128 e. The average Bonchev–Trinajstić information content (AvgIpc) is 3.17. The van der Waals surface area contributed by atoms with Gasteiger partial charge in [0.05, 0.1) is 13.2 Å². The van der Waals surface area contributed by atoms with Crippen molar-refractivity contribution in [2.75, 3.05) is 25.4 Å². The molecule has 4 heteroatoms. The normalized spacial score (nSPS) is 14.8. The molecule has 0 bridgehead atoms. The van der Waals surface area contributed by atoms with E-state index >= 15 is 0 Å². The third-order valence-corrected chi connectivity index (χ3v) is 5.13. The number of thioether (sulfide) groups is 1. The molecule has 0 spiro atoms. The Morgan fingerprint density at radius 1 is 1.24 bits per heavy atom. The van der Waals surface area contributed by atoms with E-state index in [0.29, 0.717) is 0 Å². The van der Waals surface area contributed by atoms with Crippen molar-refractivity contribution in [2.24, 2.45) is 4.99 Å². The third-order valence-electron chi connectivity index (χ3n) is 3.97. The minimum absolute atomic E-state index is 0.0287. The summed E-state index contributed by atoms with van der Waals surface area (Å²) in [6.45, 7) is 5.95. The second-order valence-electron chi connectivity index (χ2n) is 5.72. The zero-order chi connectivity index (χ0) is 17.5. The van der Waals surface area contributed by atoms with Gasteiger partial charge in [0.25, 0.3) is 0 Å². The van der Waals surface area contributed by atoms with Crippen molar-refractivity contribution in [3.63, 3.8) is 0 Å². The summed E-state index contributed by atoms with van der Waals surface area (Å²) in [5.74, 6) is 1.68. The van der Waals surface area contributed by atoms with Crippen LogP contribution in [-0.4, -0.2) is 36.4 Å². The maximum absolute atomic E-state index is 8.95. The van der Waals surface area contributed by atoms with Gasteiger partial charge < -0.3 is 10.4 Å². The molecule has 128 valence electrons. The minimum Gasteiger partial charge on any atom is -0.392 e. The number of nitrogens with one attached hydrogen (secondary N) is 1. The Morgan fingerprint density at radius 2 is 2.08 bits per heavy atom. The summed E-state index contributed by atoms with van der Waals surface area (Å²) in [5, 5.41) is 14.8. The van der Waals surface area contributed by atoms with Crippen molar-refractivity contribution in [1.29, 1.82) is 0 Å². The van der Waals surface area contributed by atoms with Gasteiger partial charge in [0.2, 0.25) is 0 Å². The molecule has 0 unspecified atom stereocenters. The molecular weight excluding hydrogens is 328 g/mol. The number of rotatable bonds is 7. The van der Waals surface area contributed by atoms with Crippen molar-refractivity contribution in [3.05, 3.63) is 78.4 Å². The molecule has 3 rings (SSSR count). The molecule has 25 heavy (non-hydrogen) atoms. The lowest BCUT2D eigenvalue weighted by Crippen LogP contribution is -2.21. The van der Waals surface area contributed by atoms with E-state index < -0.39 is 0 Å². The van der Waals surface area contributed by atoms with Gasteiger partial charge in [-0.05, 0) is 22.4 Å². The highest BCUT2D eigenvalue weighted by Gasteiger charge is 2.14. The highest BCUT2D eigenvalue weighted by molar-refractivity contribution is 7.99. The molecule has 0 aromatic heterocycles. The monoisotopic (exact) mass is 350 g/mol. The summed E-state index contributed by atoms with van der Waals surface area (Å²) in [5.41, 5.74) is 2.03. The molecule has 0 radical (unpaired) electrons. The number of aliphatic hydroxyl groups is 1. The van der Waals surface area contributed by atoms with Gasteiger partial charge >= 0.3 is 0 Å². The van der Waals surface area contributed by atoms with Gasteiger partial charge in [-0.2, -0.15) is 0 Å². The standard InChI is InChI=1S/C21H22N2OS/c1-16(18(9-4-5-14-24)21-22-12-13-23-21)15-25-20-11-6-8-17-7-2-3-10-19(17)20/h2-11,24H,1,12-15H2,(H,22,23)/b5-4-,18-9+. The number of fused-ring (bicyclic) bond motifs is 1. The summed E-state index contributed by atoms with van der Waals surface area (Å²) < 4.78 is 0. The zero-order valence-electron chi connectivity index (χ0n) is 14.1. The molecule has 0 saturated carbocycles. The molecule has 0 atom stereocenters. The first kappa shape index (κ1) is 17.5. The van der Waals surface area contributed by atoms with Crippen molar-refractivity contribution >= 4 is 28.4 Å². The Hall–Kier alpha value is -2.30. The van der Waals surface area contributed by atoms with Gasteiger partial charge in [0.1, 0.15) is 5.84 Å². The van der Waals surface area contributed by atoms with Crippen LogP contribution in [0.4, 0.5) is 0 Å². The van der Waals surface area contributed by atoms with Gasteiger partial charge in [0, 0.05) is 22.8 Å². The Morgan fingerprint density at radius 3 is 2.88 bits per heavy atom. The van der Waals surface area contributed by atoms with Gasteiger partial charge in [-0.3, -0.25) is 4.99 Å². The lowest BCUT2D eigenvalue weighted by molar-refractivity contribution is 0.343. The Kier molecular flexibility index (Phi) is 6.09. The first-order valence-corrected chi connectivity index (χ1v) is 9.33. The second-order valence-corrected chi connectivity index (χ2v) is 6.73. The molecule has 0 saturated heterocycles. The van der Waals surface area contributed by atoms with E-state index in [9.17, 15) is 0 Å². The molecule has 1 aliphatic heterocycles. The molecule has 2 aromatic rings. The SMILES string of the molecule is C=C(CSc1cccc2ccccc12)/C(=C\C=C/CO)C1=NCCN1. The Bertz CT molecular complexity index is 847. The predicted molar refractivity (Wildman–Crippen MR) is 108 cm³/mol. The van der Waals surface area contributed by atoms with E-state index in [1.54, 1.807) is 17.8 Å².